The van der Waals surface area contributed by atoms with Gasteiger partial charge in [-0.3, -0.25) is 4.99 Å². The molecule has 98 valence electrons. The van der Waals surface area contributed by atoms with Crippen molar-refractivity contribution in [2.24, 2.45) is 16.6 Å². The molecule has 0 saturated carbocycles. The number of guanidine groups is 1. The molecule has 0 saturated heterocycles. The molecule has 1 heterocycles. The molecule has 0 radical (unpaired) electrons. The first kappa shape index (κ1) is 13.1. The lowest BCUT2D eigenvalue weighted by molar-refractivity contribution is 0.303. The van der Waals surface area contributed by atoms with Crippen LogP contribution in [0.1, 0.15) is 25.5 Å². The Morgan fingerprint density at radius 3 is 2.89 bits per heavy atom. The lowest BCUT2D eigenvalue weighted by Gasteiger charge is -2.28. The van der Waals surface area contributed by atoms with E-state index in [0.29, 0.717) is 29.0 Å². The molecule has 1 unspecified atom stereocenters. The van der Waals surface area contributed by atoms with Crippen LogP contribution >= 0.6 is 11.6 Å². The predicted octanol–water partition coefficient (Wildman–Crippen LogP) is 2.81. The Morgan fingerprint density at radius 2 is 2.28 bits per heavy atom. The van der Waals surface area contributed by atoms with E-state index >= 15 is 0 Å². The molecule has 2 rings (SSSR count). The third-order valence-corrected chi connectivity index (χ3v) is 3.22. The largest absolute Gasteiger partial charge is 0.370 e. The zero-order valence-corrected chi connectivity index (χ0v) is 11.3. The van der Waals surface area contributed by atoms with Crippen molar-refractivity contribution in [2.75, 3.05) is 13.1 Å². The minimum absolute atomic E-state index is 0.121. The first-order valence-corrected chi connectivity index (χ1v) is 6.38. The molecule has 1 aliphatic rings. The molecule has 1 atom stereocenters. The summed E-state index contributed by atoms with van der Waals surface area (Å²) in [6.07, 6.45) is 0. The number of hydrogen-bond acceptors (Lipinski definition) is 3. The molecule has 0 amide bonds. The molecule has 18 heavy (non-hydrogen) atoms. The van der Waals surface area contributed by atoms with Gasteiger partial charge in [-0.15, -0.1) is 0 Å². The average Bonchev–Trinajstić information content (AvgIpc) is 2.60. The van der Waals surface area contributed by atoms with Gasteiger partial charge in [0.25, 0.3) is 0 Å². The Kier molecular flexibility index (Phi) is 3.76. The molecule has 2 N–H and O–H groups in total. The lowest BCUT2D eigenvalue weighted by atomic mass is 10.0. The standard InChI is InChI=1S/C13H17ClFN3/c1-8(2)7-18-12(6-17-13(18)16)10-4-3-9(14)5-11(10)15/h3-5,8,12H,6-7H2,1-2H3,(H2,16,17). The molecule has 0 aromatic heterocycles. The summed E-state index contributed by atoms with van der Waals surface area (Å²) in [5.41, 5.74) is 6.46. The zero-order valence-electron chi connectivity index (χ0n) is 10.5. The van der Waals surface area contributed by atoms with Gasteiger partial charge in [0, 0.05) is 17.1 Å². The highest BCUT2D eigenvalue weighted by Crippen LogP contribution is 2.29. The van der Waals surface area contributed by atoms with Crippen molar-refractivity contribution in [3.05, 3.63) is 34.6 Å². The van der Waals surface area contributed by atoms with Crippen molar-refractivity contribution in [3.8, 4) is 0 Å². The molecule has 5 heteroatoms. The minimum atomic E-state index is -0.300. The van der Waals surface area contributed by atoms with Gasteiger partial charge in [-0.2, -0.15) is 0 Å². The maximum Gasteiger partial charge on any atom is 0.191 e. The maximum absolute atomic E-state index is 13.9. The molecule has 0 aliphatic carbocycles. The zero-order chi connectivity index (χ0) is 13.3. The molecule has 1 aromatic rings. The van der Waals surface area contributed by atoms with Gasteiger partial charge >= 0.3 is 0 Å². The summed E-state index contributed by atoms with van der Waals surface area (Å²) in [6.45, 7) is 5.46. The van der Waals surface area contributed by atoms with E-state index in [-0.39, 0.29) is 11.9 Å². The van der Waals surface area contributed by atoms with Gasteiger partial charge in [-0.05, 0) is 18.1 Å². The molecule has 0 spiro atoms. The van der Waals surface area contributed by atoms with Crippen molar-refractivity contribution < 1.29 is 4.39 Å². The SMILES string of the molecule is CC(C)CN1C(N)=NCC1c1ccc(Cl)cc1F. The van der Waals surface area contributed by atoms with Crippen LogP contribution in [0.4, 0.5) is 4.39 Å². The normalized spacial score (nSPS) is 19.5. The topological polar surface area (TPSA) is 41.6 Å². The first-order chi connectivity index (χ1) is 8.49. The second-order valence-corrected chi connectivity index (χ2v) is 5.36. The van der Waals surface area contributed by atoms with Crippen LogP contribution in [-0.4, -0.2) is 23.9 Å². The third-order valence-electron chi connectivity index (χ3n) is 2.98. The summed E-state index contributed by atoms with van der Waals surface area (Å²) in [6, 6.07) is 4.62. The Hall–Kier alpha value is -1.29. The van der Waals surface area contributed by atoms with Gasteiger partial charge in [0.2, 0.25) is 0 Å². The van der Waals surface area contributed by atoms with Crippen LogP contribution in [-0.2, 0) is 0 Å². The fourth-order valence-electron chi connectivity index (χ4n) is 2.18. The average molecular weight is 270 g/mol. The monoisotopic (exact) mass is 269 g/mol. The second-order valence-electron chi connectivity index (χ2n) is 4.93. The van der Waals surface area contributed by atoms with E-state index in [1.54, 1.807) is 12.1 Å². The van der Waals surface area contributed by atoms with Gasteiger partial charge in [0.15, 0.2) is 5.96 Å². The molecular formula is C13H17ClFN3. The fourth-order valence-corrected chi connectivity index (χ4v) is 2.34. The Labute approximate surface area is 111 Å². The van der Waals surface area contributed by atoms with E-state index in [1.807, 2.05) is 4.90 Å². The van der Waals surface area contributed by atoms with Crippen molar-refractivity contribution in [1.29, 1.82) is 0 Å². The molecule has 0 bridgehead atoms. The van der Waals surface area contributed by atoms with E-state index in [1.165, 1.54) is 6.07 Å². The predicted molar refractivity (Wildman–Crippen MR) is 72.2 cm³/mol. The summed E-state index contributed by atoms with van der Waals surface area (Å²) in [4.78, 5) is 6.17. The molecule has 0 fully saturated rings. The number of nitrogens with two attached hydrogens (primary N) is 1. The molecule has 1 aliphatic heterocycles. The summed E-state index contributed by atoms with van der Waals surface area (Å²) in [5.74, 6) is 0.629. The van der Waals surface area contributed by atoms with Crippen LogP contribution in [0.5, 0.6) is 0 Å². The summed E-state index contributed by atoms with van der Waals surface area (Å²) >= 11 is 5.77. The van der Waals surface area contributed by atoms with E-state index in [4.69, 9.17) is 17.3 Å². The lowest BCUT2D eigenvalue weighted by Crippen LogP contribution is -2.38. The van der Waals surface area contributed by atoms with Gasteiger partial charge in [0.05, 0.1) is 12.6 Å². The van der Waals surface area contributed by atoms with Crippen LogP contribution in [0.3, 0.4) is 0 Å². The van der Waals surface area contributed by atoms with Gasteiger partial charge in [-0.25, -0.2) is 4.39 Å². The Balaban J connectivity index is 2.27. The quantitative estimate of drug-likeness (QED) is 0.917. The van der Waals surface area contributed by atoms with Crippen molar-refractivity contribution in [2.45, 2.75) is 19.9 Å². The van der Waals surface area contributed by atoms with E-state index in [0.717, 1.165) is 6.54 Å². The molecule has 1 aromatic carbocycles. The Morgan fingerprint density at radius 1 is 1.56 bits per heavy atom. The summed E-state index contributed by atoms with van der Waals surface area (Å²) in [5, 5.41) is 0.401. The maximum atomic E-state index is 13.9. The number of rotatable bonds is 3. The number of aliphatic imine (C=N–C) groups is 1. The van der Waals surface area contributed by atoms with Gasteiger partial charge < -0.3 is 10.6 Å². The van der Waals surface area contributed by atoms with Crippen molar-refractivity contribution in [3.63, 3.8) is 0 Å². The van der Waals surface area contributed by atoms with Crippen LogP contribution in [0.25, 0.3) is 0 Å². The summed E-state index contributed by atoms with van der Waals surface area (Å²) in [7, 11) is 0. The van der Waals surface area contributed by atoms with Crippen molar-refractivity contribution >= 4 is 17.6 Å². The minimum Gasteiger partial charge on any atom is -0.370 e. The fraction of sp³-hybridized carbons (Fsp3) is 0.462. The van der Waals surface area contributed by atoms with Gasteiger partial charge in [0.1, 0.15) is 5.82 Å². The molecular weight excluding hydrogens is 253 g/mol. The van der Waals surface area contributed by atoms with E-state index in [2.05, 4.69) is 18.8 Å². The second kappa shape index (κ2) is 5.14. The highest BCUT2D eigenvalue weighted by atomic mass is 35.5. The third kappa shape index (κ3) is 2.58. The number of benzene rings is 1. The number of nitrogens with zero attached hydrogens (tertiary/aromatic N) is 2. The summed E-state index contributed by atoms with van der Waals surface area (Å²) < 4.78 is 13.9. The van der Waals surface area contributed by atoms with E-state index < -0.39 is 0 Å². The van der Waals surface area contributed by atoms with Crippen LogP contribution in [0.15, 0.2) is 23.2 Å². The first-order valence-electron chi connectivity index (χ1n) is 6.00. The van der Waals surface area contributed by atoms with Gasteiger partial charge in [-0.1, -0.05) is 31.5 Å². The van der Waals surface area contributed by atoms with Crippen LogP contribution in [0, 0.1) is 11.7 Å². The van der Waals surface area contributed by atoms with Crippen molar-refractivity contribution in [1.82, 2.24) is 4.90 Å². The Bertz CT molecular complexity index is 473. The van der Waals surface area contributed by atoms with E-state index in [9.17, 15) is 4.39 Å². The number of hydrogen-bond donors (Lipinski definition) is 1. The number of halogens is 2. The van der Waals surface area contributed by atoms with Crippen LogP contribution in [0.2, 0.25) is 5.02 Å². The van der Waals surface area contributed by atoms with Crippen LogP contribution < -0.4 is 5.73 Å². The smallest absolute Gasteiger partial charge is 0.191 e. The highest BCUT2D eigenvalue weighted by Gasteiger charge is 2.29. The molecule has 3 nitrogen and oxygen atoms in total. The highest BCUT2D eigenvalue weighted by molar-refractivity contribution is 6.30.